The summed E-state index contributed by atoms with van der Waals surface area (Å²) < 4.78 is 0. The van der Waals surface area contributed by atoms with Crippen LogP contribution in [0.1, 0.15) is 50.1 Å². The number of H-pyrrole nitrogens is 1. The van der Waals surface area contributed by atoms with E-state index in [0.717, 1.165) is 18.5 Å². The highest BCUT2D eigenvalue weighted by Gasteiger charge is 2.37. The summed E-state index contributed by atoms with van der Waals surface area (Å²) in [6, 6.07) is -0.0786. The predicted octanol–water partition coefficient (Wildman–Crippen LogP) is 1.98. The molecular formula is C20H33N5O2. The number of hydrogen-bond donors (Lipinski definition) is 2. The summed E-state index contributed by atoms with van der Waals surface area (Å²) in [5.41, 5.74) is 3.66. The van der Waals surface area contributed by atoms with Crippen molar-refractivity contribution in [1.82, 2.24) is 25.3 Å². The first kappa shape index (κ1) is 19.7. The lowest BCUT2D eigenvalue weighted by Gasteiger charge is -2.24. The molecule has 1 saturated heterocycles. The van der Waals surface area contributed by atoms with Gasteiger partial charge in [-0.05, 0) is 37.2 Å². The SMILES string of the molecule is CC(C)[C@@H]1CN(C(=O)CCc2n[nH]c3c2CCCC3)C[C@H]1NC(=O)N(C)C. The summed E-state index contributed by atoms with van der Waals surface area (Å²) in [7, 11) is 3.48. The molecule has 7 nitrogen and oxygen atoms in total. The first-order chi connectivity index (χ1) is 12.9. The molecular weight excluding hydrogens is 342 g/mol. The van der Waals surface area contributed by atoms with Crippen molar-refractivity contribution < 1.29 is 9.59 Å². The molecule has 3 amide bonds. The zero-order chi connectivity index (χ0) is 19.6. The molecule has 1 aromatic heterocycles. The van der Waals surface area contributed by atoms with Crippen LogP contribution in [0.2, 0.25) is 0 Å². The zero-order valence-corrected chi connectivity index (χ0v) is 17.0. The second-order valence-electron chi connectivity index (χ2n) is 8.49. The first-order valence-electron chi connectivity index (χ1n) is 10.2. The predicted molar refractivity (Wildman–Crippen MR) is 104 cm³/mol. The van der Waals surface area contributed by atoms with E-state index in [1.165, 1.54) is 24.1 Å². The Labute approximate surface area is 161 Å². The summed E-state index contributed by atoms with van der Waals surface area (Å²) in [5, 5.41) is 10.7. The van der Waals surface area contributed by atoms with Gasteiger partial charge in [0.1, 0.15) is 0 Å². The van der Waals surface area contributed by atoms with Crippen LogP contribution in [0.3, 0.4) is 0 Å². The number of nitrogens with one attached hydrogen (secondary N) is 2. The molecule has 2 heterocycles. The van der Waals surface area contributed by atoms with Crippen LogP contribution >= 0.6 is 0 Å². The first-order valence-corrected chi connectivity index (χ1v) is 10.2. The summed E-state index contributed by atoms with van der Waals surface area (Å²) in [6.45, 7) is 5.63. The Kier molecular flexibility index (Phi) is 6.07. The number of fused-ring (bicyclic) bond motifs is 1. The number of nitrogens with zero attached hydrogens (tertiary/aromatic N) is 3. The van der Waals surface area contributed by atoms with Gasteiger partial charge in [-0.3, -0.25) is 9.89 Å². The van der Waals surface area contributed by atoms with Gasteiger partial charge in [-0.25, -0.2) is 4.79 Å². The van der Waals surface area contributed by atoms with Crippen molar-refractivity contribution in [3.05, 3.63) is 17.0 Å². The highest BCUT2D eigenvalue weighted by atomic mass is 16.2. The van der Waals surface area contributed by atoms with E-state index in [0.29, 0.717) is 31.8 Å². The van der Waals surface area contributed by atoms with Crippen molar-refractivity contribution in [1.29, 1.82) is 0 Å². The van der Waals surface area contributed by atoms with Crippen LogP contribution < -0.4 is 5.32 Å². The number of urea groups is 1. The van der Waals surface area contributed by atoms with Crippen LogP contribution in [0, 0.1) is 11.8 Å². The molecule has 0 bridgehead atoms. The van der Waals surface area contributed by atoms with E-state index in [1.807, 2.05) is 4.90 Å². The fourth-order valence-corrected chi connectivity index (χ4v) is 4.29. The van der Waals surface area contributed by atoms with Crippen molar-refractivity contribution in [2.45, 2.75) is 58.4 Å². The van der Waals surface area contributed by atoms with Crippen LogP contribution in [-0.4, -0.2) is 65.2 Å². The lowest BCUT2D eigenvalue weighted by atomic mass is 9.91. The second kappa shape index (κ2) is 8.31. The number of aryl methyl sites for hydroxylation is 2. The molecule has 2 N–H and O–H groups in total. The number of carbonyl (C=O) groups excluding carboxylic acids is 2. The van der Waals surface area contributed by atoms with Crippen molar-refractivity contribution >= 4 is 11.9 Å². The standard InChI is InChI=1S/C20H33N5O2/c1-13(2)15-11-25(12-18(15)21-20(27)24(3)4)19(26)10-9-17-14-7-5-6-8-16(14)22-23-17/h13,15,18H,5-12H2,1-4H3,(H,21,27)(H,22,23)/t15-,18+/m0/s1. The van der Waals surface area contributed by atoms with Crippen LogP contribution in [0.4, 0.5) is 4.79 Å². The fraction of sp³-hybridized carbons (Fsp3) is 0.750. The third-order valence-corrected chi connectivity index (χ3v) is 6.01. The molecule has 1 aromatic rings. The van der Waals surface area contributed by atoms with Gasteiger partial charge < -0.3 is 15.1 Å². The van der Waals surface area contributed by atoms with Crippen LogP contribution in [0.25, 0.3) is 0 Å². The Bertz CT molecular complexity index is 682. The molecule has 150 valence electrons. The van der Waals surface area contributed by atoms with Crippen molar-refractivity contribution in [3.8, 4) is 0 Å². The topological polar surface area (TPSA) is 81.3 Å². The minimum atomic E-state index is -0.0944. The molecule has 27 heavy (non-hydrogen) atoms. The van der Waals surface area contributed by atoms with Gasteiger partial charge in [-0.2, -0.15) is 5.10 Å². The van der Waals surface area contributed by atoms with E-state index in [-0.39, 0.29) is 23.9 Å². The summed E-state index contributed by atoms with van der Waals surface area (Å²) in [5.74, 6) is 0.861. The third kappa shape index (κ3) is 4.45. The molecule has 7 heteroatoms. The third-order valence-electron chi connectivity index (χ3n) is 6.01. The van der Waals surface area contributed by atoms with Gasteiger partial charge in [0.05, 0.1) is 11.7 Å². The number of likely N-dealkylation sites (tertiary alicyclic amines) is 1. The van der Waals surface area contributed by atoms with Gasteiger partial charge in [0.15, 0.2) is 0 Å². The molecule has 0 saturated carbocycles. The Morgan fingerprint density at radius 3 is 2.70 bits per heavy atom. The molecule has 2 atom stereocenters. The summed E-state index contributed by atoms with van der Waals surface area (Å²) in [6.07, 6.45) is 5.76. The summed E-state index contributed by atoms with van der Waals surface area (Å²) in [4.78, 5) is 28.3. The van der Waals surface area contributed by atoms with Crippen LogP contribution in [0.5, 0.6) is 0 Å². The number of carbonyl (C=O) groups is 2. The smallest absolute Gasteiger partial charge is 0.317 e. The number of rotatable bonds is 5. The quantitative estimate of drug-likeness (QED) is 0.826. The van der Waals surface area contributed by atoms with E-state index in [2.05, 4.69) is 29.4 Å². The van der Waals surface area contributed by atoms with Gasteiger partial charge in [0.25, 0.3) is 0 Å². The van der Waals surface area contributed by atoms with Gasteiger partial charge in [0.2, 0.25) is 5.91 Å². The molecule has 0 radical (unpaired) electrons. The van der Waals surface area contributed by atoms with Crippen LogP contribution in [0.15, 0.2) is 0 Å². The van der Waals surface area contributed by atoms with E-state index in [4.69, 9.17) is 0 Å². The fourth-order valence-electron chi connectivity index (χ4n) is 4.29. The largest absolute Gasteiger partial charge is 0.340 e. The maximum atomic E-state index is 12.8. The minimum absolute atomic E-state index is 0.0157. The lowest BCUT2D eigenvalue weighted by Crippen LogP contribution is -2.46. The zero-order valence-electron chi connectivity index (χ0n) is 17.0. The maximum absolute atomic E-state index is 12.8. The number of amides is 3. The maximum Gasteiger partial charge on any atom is 0.317 e. The highest BCUT2D eigenvalue weighted by molar-refractivity contribution is 5.77. The van der Waals surface area contributed by atoms with Crippen molar-refractivity contribution in [2.75, 3.05) is 27.2 Å². The molecule has 3 rings (SSSR count). The highest BCUT2D eigenvalue weighted by Crippen LogP contribution is 2.26. The molecule has 1 aliphatic heterocycles. The van der Waals surface area contributed by atoms with E-state index >= 15 is 0 Å². The van der Waals surface area contributed by atoms with Crippen molar-refractivity contribution in [2.24, 2.45) is 11.8 Å². The van der Waals surface area contributed by atoms with E-state index in [1.54, 1.807) is 19.0 Å². The molecule has 0 unspecified atom stereocenters. The average molecular weight is 376 g/mol. The Hall–Kier alpha value is -2.05. The number of aromatic nitrogens is 2. The monoisotopic (exact) mass is 375 g/mol. The molecule has 0 aromatic carbocycles. The Morgan fingerprint density at radius 2 is 2.00 bits per heavy atom. The van der Waals surface area contributed by atoms with E-state index < -0.39 is 0 Å². The Balaban J connectivity index is 1.58. The van der Waals surface area contributed by atoms with Gasteiger partial charge in [0, 0.05) is 51.6 Å². The Morgan fingerprint density at radius 1 is 1.26 bits per heavy atom. The summed E-state index contributed by atoms with van der Waals surface area (Å²) >= 11 is 0. The van der Waals surface area contributed by atoms with Gasteiger partial charge >= 0.3 is 6.03 Å². The molecule has 0 spiro atoms. The number of aromatic amines is 1. The molecule has 1 aliphatic carbocycles. The second-order valence-corrected chi connectivity index (χ2v) is 8.49. The van der Waals surface area contributed by atoms with Gasteiger partial charge in [-0.1, -0.05) is 13.8 Å². The average Bonchev–Trinajstić information content (AvgIpc) is 3.24. The minimum Gasteiger partial charge on any atom is -0.340 e. The molecule has 1 fully saturated rings. The molecule has 2 aliphatic rings. The number of hydrogen-bond acceptors (Lipinski definition) is 3. The van der Waals surface area contributed by atoms with Crippen molar-refractivity contribution in [3.63, 3.8) is 0 Å². The lowest BCUT2D eigenvalue weighted by molar-refractivity contribution is -0.130. The van der Waals surface area contributed by atoms with Gasteiger partial charge in [-0.15, -0.1) is 0 Å². The van der Waals surface area contributed by atoms with Crippen LogP contribution in [-0.2, 0) is 24.1 Å². The van der Waals surface area contributed by atoms with E-state index in [9.17, 15) is 9.59 Å². The normalized spacial score (nSPS) is 22.0.